The highest BCUT2D eigenvalue weighted by Crippen LogP contribution is 2.13. The van der Waals surface area contributed by atoms with Crippen LogP contribution >= 0.6 is 34.4 Å². The van der Waals surface area contributed by atoms with Gasteiger partial charge in [0.15, 0.2) is 0 Å². The smallest absolute Gasteiger partial charge is 0.0692 e. The summed E-state index contributed by atoms with van der Waals surface area (Å²) in [6, 6.07) is 0. The zero-order valence-electron chi connectivity index (χ0n) is 3.28. The van der Waals surface area contributed by atoms with Crippen molar-refractivity contribution in [3.05, 3.63) is 0 Å². The lowest BCUT2D eigenvalue weighted by atomic mass is 10.8. The summed E-state index contributed by atoms with van der Waals surface area (Å²) in [4.78, 5) is 0. The van der Waals surface area contributed by atoms with E-state index in [9.17, 15) is 0 Å². The third-order valence-electron chi connectivity index (χ3n) is 0.671. The predicted octanol–water partition coefficient (Wildman–Crippen LogP) is 1.04. The number of hydrogen-bond donors (Lipinski definition) is 1. The topological polar surface area (TPSA) is 12.0 Å². The molecule has 1 N–H and O–H groups in total. The highest BCUT2D eigenvalue weighted by molar-refractivity contribution is 14.1. The molecular formula is C3H6INS. The van der Waals surface area contributed by atoms with Gasteiger partial charge in [0.25, 0.3) is 0 Å². The maximum atomic E-state index is 3.27. The Morgan fingerprint density at radius 2 is 2.67 bits per heavy atom. The largest absolute Gasteiger partial charge is 0.296 e. The summed E-state index contributed by atoms with van der Waals surface area (Å²) < 4.78 is 0.729. The van der Waals surface area contributed by atoms with Crippen molar-refractivity contribution < 1.29 is 0 Å². The Kier molecular flexibility index (Phi) is 2.05. The summed E-state index contributed by atoms with van der Waals surface area (Å²) >= 11 is 4.36. The summed E-state index contributed by atoms with van der Waals surface area (Å²) in [6.45, 7) is 0. The first kappa shape index (κ1) is 5.18. The molecule has 0 saturated carbocycles. The lowest BCUT2D eigenvalue weighted by Crippen LogP contribution is -2.14. The van der Waals surface area contributed by atoms with Crippen molar-refractivity contribution >= 4 is 34.4 Å². The Bertz CT molecular complexity index is 44.1. The maximum Gasteiger partial charge on any atom is 0.0692 e. The van der Waals surface area contributed by atoms with Crippen LogP contribution < -0.4 is 5.32 Å². The molecule has 1 aliphatic heterocycles. The van der Waals surface area contributed by atoms with Gasteiger partial charge in [0, 0.05) is 11.6 Å². The number of hydrogen-bond acceptors (Lipinski definition) is 2. The van der Waals surface area contributed by atoms with Gasteiger partial charge in [-0.3, -0.25) is 5.32 Å². The molecule has 0 aromatic rings. The molecule has 0 spiro atoms. The van der Waals surface area contributed by atoms with Gasteiger partial charge in [0.1, 0.15) is 0 Å². The van der Waals surface area contributed by atoms with Gasteiger partial charge in [-0.05, 0) is 0 Å². The first-order valence-electron chi connectivity index (χ1n) is 1.85. The molecule has 0 aromatic heterocycles. The summed E-state index contributed by atoms with van der Waals surface area (Å²) in [7, 11) is 0. The number of halogens is 1. The second kappa shape index (κ2) is 2.37. The molecule has 1 fully saturated rings. The molecule has 0 radical (unpaired) electrons. The van der Waals surface area contributed by atoms with E-state index >= 15 is 0 Å². The number of rotatable bonds is 0. The molecule has 1 atom stereocenters. The monoisotopic (exact) mass is 215 g/mol. The third kappa shape index (κ3) is 1.27. The maximum absolute atomic E-state index is 3.27. The van der Waals surface area contributed by atoms with E-state index in [1.54, 1.807) is 0 Å². The fraction of sp³-hybridized carbons (Fsp3) is 1.00. The van der Waals surface area contributed by atoms with E-state index in [1.165, 1.54) is 5.75 Å². The molecule has 0 aromatic carbocycles. The lowest BCUT2D eigenvalue weighted by Gasteiger charge is -1.91. The lowest BCUT2D eigenvalue weighted by molar-refractivity contribution is 0.857. The van der Waals surface area contributed by atoms with E-state index in [0.717, 1.165) is 9.93 Å². The van der Waals surface area contributed by atoms with Crippen molar-refractivity contribution in [2.75, 3.05) is 11.6 Å². The Morgan fingerprint density at radius 3 is 2.83 bits per heavy atom. The van der Waals surface area contributed by atoms with Gasteiger partial charge in [-0.1, -0.05) is 22.6 Å². The minimum absolute atomic E-state index is 0.729. The van der Waals surface area contributed by atoms with E-state index in [-0.39, 0.29) is 0 Å². The SMILES string of the molecule is IC1CSCN1. The van der Waals surface area contributed by atoms with Crippen molar-refractivity contribution in [1.82, 2.24) is 5.32 Å². The fourth-order valence-electron chi connectivity index (χ4n) is 0.371. The molecule has 0 amide bonds. The van der Waals surface area contributed by atoms with Crippen LogP contribution in [0, 0.1) is 0 Å². The Hall–Kier alpha value is 1.04. The van der Waals surface area contributed by atoms with Crippen LogP contribution in [0.3, 0.4) is 0 Å². The van der Waals surface area contributed by atoms with E-state index < -0.39 is 0 Å². The second-order valence-corrected chi connectivity index (χ2v) is 3.72. The molecule has 0 aliphatic carbocycles. The van der Waals surface area contributed by atoms with Crippen LogP contribution in [0.25, 0.3) is 0 Å². The van der Waals surface area contributed by atoms with Gasteiger partial charge in [-0.25, -0.2) is 0 Å². The quantitative estimate of drug-likeness (QED) is 0.368. The summed E-state index contributed by atoms with van der Waals surface area (Å²) in [6.07, 6.45) is 0. The molecule has 1 aliphatic rings. The number of thioether (sulfide) groups is 1. The van der Waals surface area contributed by atoms with Crippen LogP contribution in [-0.2, 0) is 0 Å². The Balaban J connectivity index is 2.18. The first-order valence-corrected chi connectivity index (χ1v) is 4.25. The van der Waals surface area contributed by atoms with Crippen molar-refractivity contribution in [3.8, 4) is 0 Å². The van der Waals surface area contributed by atoms with Crippen LogP contribution in [0.15, 0.2) is 0 Å². The van der Waals surface area contributed by atoms with Gasteiger partial charge >= 0.3 is 0 Å². The Morgan fingerprint density at radius 1 is 1.83 bits per heavy atom. The average molecular weight is 215 g/mol. The first-order chi connectivity index (χ1) is 2.89. The van der Waals surface area contributed by atoms with Crippen molar-refractivity contribution in [3.63, 3.8) is 0 Å². The summed E-state index contributed by atoms with van der Waals surface area (Å²) in [5.41, 5.74) is 0. The minimum Gasteiger partial charge on any atom is -0.296 e. The normalized spacial score (nSPS) is 34.5. The summed E-state index contributed by atoms with van der Waals surface area (Å²) in [5.74, 6) is 2.42. The van der Waals surface area contributed by atoms with Crippen LogP contribution in [0.5, 0.6) is 0 Å². The molecular weight excluding hydrogens is 209 g/mol. The zero-order valence-corrected chi connectivity index (χ0v) is 6.25. The van der Waals surface area contributed by atoms with E-state index in [1.807, 2.05) is 11.8 Å². The van der Waals surface area contributed by atoms with Gasteiger partial charge in [0.2, 0.25) is 0 Å². The van der Waals surface area contributed by atoms with Crippen molar-refractivity contribution in [2.24, 2.45) is 0 Å². The highest BCUT2D eigenvalue weighted by Gasteiger charge is 2.07. The van der Waals surface area contributed by atoms with E-state index in [4.69, 9.17) is 0 Å². The molecule has 1 nitrogen and oxygen atoms in total. The molecule has 1 saturated heterocycles. The number of nitrogens with one attached hydrogen (secondary N) is 1. The molecule has 1 rings (SSSR count). The average Bonchev–Trinajstić information content (AvgIpc) is 1.86. The van der Waals surface area contributed by atoms with Crippen molar-refractivity contribution in [1.29, 1.82) is 0 Å². The zero-order chi connectivity index (χ0) is 4.41. The highest BCUT2D eigenvalue weighted by atomic mass is 127. The molecule has 6 heavy (non-hydrogen) atoms. The van der Waals surface area contributed by atoms with Crippen LogP contribution in [0.1, 0.15) is 0 Å². The molecule has 0 bridgehead atoms. The van der Waals surface area contributed by atoms with E-state index in [2.05, 4.69) is 27.9 Å². The molecule has 1 heterocycles. The fourth-order valence-corrected chi connectivity index (χ4v) is 2.41. The van der Waals surface area contributed by atoms with Crippen LogP contribution in [-0.4, -0.2) is 15.7 Å². The molecule has 1 unspecified atom stereocenters. The Labute approximate surface area is 55.4 Å². The van der Waals surface area contributed by atoms with Crippen LogP contribution in [0.2, 0.25) is 0 Å². The molecule has 3 heteroatoms. The van der Waals surface area contributed by atoms with Gasteiger partial charge in [-0.2, -0.15) is 0 Å². The predicted molar refractivity (Wildman–Crippen MR) is 38.3 cm³/mol. The standard InChI is InChI=1S/C3H6INS/c4-3-1-6-2-5-3/h3,5H,1-2H2. The molecule has 36 valence electrons. The number of alkyl halides is 1. The van der Waals surface area contributed by atoms with Gasteiger partial charge in [0.05, 0.1) is 4.05 Å². The minimum atomic E-state index is 0.729. The van der Waals surface area contributed by atoms with Gasteiger partial charge in [-0.15, -0.1) is 11.8 Å². The van der Waals surface area contributed by atoms with Crippen LogP contribution in [0.4, 0.5) is 0 Å². The van der Waals surface area contributed by atoms with Crippen molar-refractivity contribution in [2.45, 2.75) is 4.05 Å². The summed E-state index contributed by atoms with van der Waals surface area (Å²) in [5, 5.41) is 3.27. The van der Waals surface area contributed by atoms with Gasteiger partial charge < -0.3 is 0 Å². The third-order valence-corrected chi connectivity index (χ3v) is 3.09. The second-order valence-electron chi connectivity index (χ2n) is 1.19. The van der Waals surface area contributed by atoms with E-state index in [0.29, 0.717) is 0 Å².